The highest BCUT2D eigenvalue weighted by Crippen LogP contribution is 2.38. The molecule has 1 aromatic carbocycles. The summed E-state index contributed by atoms with van der Waals surface area (Å²) in [4.78, 5) is 2.32. The van der Waals surface area contributed by atoms with Gasteiger partial charge in [-0.05, 0) is 70.3 Å². The van der Waals surface area contributed by atoms with E-state index < -0.39 is 9.84 Å². The van der Waals surface area contributed by atoms with E-state index in [1.807, 2.05) is 27.7 Å². The van der Waals surface area contributed by atoms with Crippen LogP contribution >= 0.6 is 0 Å². The third-order valence-electron chi connectivity index (χ3n) is 5.80. The highest BCUT2D eigenvalue weighted by atomic mass is 32.2. The van der Waals surface area contributed by atoms with Gasteiger partial charge in [0.15, 0.2) is 5.82 Å². The molecule has 0 atom stereocenters. The van der Waals surface area contributed by atoms with Gasteiger partial charge in [-0.2, -0.15) is 0 Å². The molecule has 0 amide bonds. The second kappa shape index (κ2) is 9.56. The normalized spacial score (nSPS) is 15.8. The summed E-state index contributed by atoms with van der Waals surface area (Å²) in [6.45, 7) is 10.4. The fourth-order valence-electron chi connectivity index (χ4n) is 4.13. The van der Waals surface area contributed by atoms with Crippen molar-refractivity contribution in [3.05, 3.63) is 17.7 Å². The number of sulfone groups is 1. The lowest BCUT2D eigenvalue weighted by Crippen LogP contribution is -2.31. The second-order valence-electron chi connectivity index (χ2n) is 8.93. The Morgan fingerprint density at radius 2 is 1.68 bits per heavy atom. The van der Waals surface area contributed by atoms with Crippen LogP contribution in [-0.4, -0.2) is 63.7 Å². The summed E-state index contributed by atoms with van der Waals surface area (Å²) in [5.41, 5.74) is 1.01. The van der Waals surface area contributed by atoms with Gasteiger partial charge in [0.25, 0.3) is 0 Å². The van der Waals surface area contributed by atoms with Gasteiger partial charge in [-0.25, -0.2) is 8.42 Å². The summed E-state index contributed by atoms with van der Waals surface area (Å²) in [5.74, 6) is 0.145. The molecule has 2 heterocycles. The number of likely N-dealkylation sites (tertiary alicyclic amines) is 1. The molecule has 0 aliphatic carbocycles. The van der Waals surface area contributed by atoms with Gasteiger partial charge in [-0.3, -0.25) is 4.57 Å². The van der Waals surface area contributed by atoms with Gasteiger partial charge in [0.2, 0.25) is 15.0 Å². The van der Waals surface area contributed by atoms with Crippen LogP contribution in [0.4, 0.5) is 0 Å². The smallest absolute Gasteiger partial charge is 0.250 e. The molecule has 1 aliphatic rings. The van der Waals surface area contributed by atoms with Crippen LogP contribution in [0.1, 0.15) is 70.9 Å². The fraction of sp³-hybridized carbons (Fsp3) is 0.636. The average molecular weight is 451 g/mol. The molecule has 1 saturated heterocycles. The first-order chi connectivity index (χ1) is 14.6. The van der Waals surface area contributed by atoms with Crippen LogP contribution in [-0.2, 0) is 9.84 Å². The monoisotopic (exact) mass is 450 g/mol. The minimum atomic E-state index is -3.64. The van der Waals surface area contributed by atoms with E-state index in [1.54, 1.807) is 10.6 Å². The van der Waals surface area contributed by atoms with E-state index in [9.17, 15) is 18.6 Å². The number of phenolic OH excluding ortho intramolecular Hbond substituents is 2. The molecular weight excluding hydrogens is 416 g/mol. The highest BCUT2D eigenvalue weighted by molar-refractivity contribution is 7.91. The molecule has 9 heteroatoms. The topological polar surface area (TPSA) is 109 Å². The molecule has 0 bridgehead atoms. The molecule has 0 saturated carbocycles. The molecule has 31 heavy (non-hydrogen) atoms. The van der Waals surface area contributed by atoms with Gasteiger partial charge in [0.1, 0.15) is 11.5 Å². The van der Waals surface area contributed by atoms with Gasteiger partial charge in [-0.1, -0.05) is 20.3 Å². The lowest BCUT2D eigenvalue weighted by atomic mass is 9.98. The molecule has 3 rings (SSSR count). The first kappa shape index (κ1) is 23.5. The van der Waals surface area contributed by atoms with Crippen molar-refractivity contribution in [3.8, 4) is 22.9 Å². The second-order valence-corrected chi connectivity index (χ2v) is 10.9. The predicted molar refractivity (Wildman–Crippen MR) is 120 cm³/mol. The molecule has 0 radical (unpaired) electrons. The molecule has 1 aromatic heterocycles. The molecule has 172 valence electrons. The minimum absolute atomic E-state index is 0.00239. The van der Waals surface area contributed by atoms with E-state index in [0.717, 1.165) is 19.6 Å². The summed E-state index contributed by atoms with van der Waals surface area (Å²) in [6.07, 6.45) is 4.14. The van der Waals surface area contributed by atoms with Crippen molar-refractivity contribution >= 4 is 9.84 Å². The van der Waals surface area contributed by atoms with E-state index in [2.05, 4.69) is 15.1 Å². The maximum absolute atomic E-state index is 13.1. The van der Waals surface area contributed by atoms with E-state index in [4.69, 9.17) is 0 Å². The number of piperidine rings is 1. The third kappa shape index (κ3) is 5.20. The van der Waals surface area contributed by atoms with Crippen molar-refractivity contribution in [2.45, 2.75) is 70.5 Å². The summed E-state index contributed by atoms with van der Waals surface area (Å²) >= 11 is 0. The molecule has 2 N–H and O–H groups in total. The minimum Gasteiger partial charge on any atom is -0.508 e. The molecule has 2 aromatic rings. The standard InChI is InChI=1S/C22H34N4O4S/c1-15(2)17-13-18(20(28)14-19(17)27)21-23-24-22(26(21)16(3)4)31(29,30)12-8-11-25-9-6-5-7-10-25/h13-16,27-28H,5-12H2,1-4H3. The van der Waals surface area contributed by atoms with Gasteiger partial charge >= 0.3 is 0 Å². The Hall–Kier alpha value is -2.13. The van der Waals surface area contributed by atoms with Crippen LogP contribution in [0, 0.1) is 0 Å². The Balaban J connectivity index is 1.91. The third-order valence-corrected chi connectivity index (χ3v) is 7.46. The summed E-state index contributed by atoms with van der Waals surface area (Å²) in [6, 6.07) is 2.70. The van der Waals surface area contributed by atoms with E-state index in [0.29, 0.717) is 17.5 Å². The lowest BCUT2D eigenvalue weighted by molar-refractivity contribution is 0.229. The molecule has 8 nitrogen and oxygen atoms in total. The molecular formula is C22H34N4O4S. The molecule has 0 spiro atoms. The van der Waals surface area contributed by atoms with Gasteiger partial charge in [0, 0.05) is 12.1 Å². The van der Waals surface area contributed by atoms with Crippen LogP contribution in [0.3, 0.4) is 0 Å². The quantitative estimate of drug-likeness (QED) is 0.631. The van der Waals surface area contributed by atoms with Gasteiger partial charge < -0.3 is 15.1 Å². The maximum Gasteiger partial charge on any atom is 0.250 e. The van der Waals surface area contributed by atoms with Crippen molar-refractivity contribution in [3.63, 3.8) is 0 Å². The maximum atomic E-state index is 13.1. The Labute approximate surface area is 184 Å². The number of nitrogens with zero attached hydrogens (tertiary/aromatic N) is 4. The summed E-state index contributed by atoms with van der Waals surface area (Å²) in [5, 5.41) is 28.7. The van der Waals surface area contributed by atoms with E-state index in [1.165, 1.54) is 25.3 Å². The van der Waals surface area contributed by atoms with Gasteiger partial charge in [0.05, 0.1) is 11.3 Å². The number of hydrogen-bond donors (Lipinski definition) is 2. The average Bonchev–Trinajstić information content (AvgIpc) is 3.14. The molecule has 1 fully saturated rings. The number of phenols is 2. The number of aromatic nitrogens is 3. The molecule has 1 aliphatic heterocycles. The van der Waals surface area contributed by atoms with Crippen LogP contribution < -0.4 is 0 Å². The first-order valence-electron chi connectivity index (χ1n) is 11.1. The van der Waals surface area contributed by atoms with Crippen molar-refractivity contribution in [2.24, 2.45) is 0 Å². The first-order valence-corrected chi connectivity index (χ1v) is 12.7. The van der Waals surface area contributed by atoms with Crippen LogP contribution in [0.15, 0.2) is 17.3 Å². The SMILES string of the molecule is CC(C)c1cc(-c2nnc(S(=O)(=O)CCCN3CCCCC3)n2C(C)C)c(O)cc1O. The lowest BCUT2D eigenvalue weighted by Gasteiger charge is -2.26. The van der Waals surface area contributed by atoms with E-state index >= 15 is 0 Å². The zero-order valence-electron chi connectivity index (χ0n) is 18.9. The van der Waals surface area contributed by atoms with Crippen molar-refractivity contribution in [1.29, 1.82) is 0 Å². The van der Waals surface area contributed by atoms with Crippen molar-refractivity contribution in [2.75, 3.05) is 25.4 Å². The Kier molecular flexibility index (Phi) is 7.26. The fourth-order valence-corrected chi connectivity index (χ4v) is 5.58. The number of benzene rings is 1. The van der Waals surface area contributed by atoms with Crippen molar-refractivity contribution < 1.29 is 18.6 Å². The van der Waals surface area contributed by atoms with Crippen LogP contribution in [0.25, 0.3) is 11.4 Å². The Morgan fingerprint density at radius 1 is 1.00 bits per heavy atom. The van der Waals surface area contributed by atoms with Gasteiger partial charge in [-0.15, -0.1) is 10.2 Å². The summed E-state index contributed by atoms with van der Waals surface area (Å²) in [7, 11) is -3.64. The van der Waals surface area contributed by atoms with Crippen LogP contribution in [0.2, 0.25) is 0 Å². The predicted octanol–water partition coefficient (Wildman–Crippen LogP) is 3.71. The number of aromatic hydroxyl groups is 2. The number of hydrogen-bond acceptors (Lipinski definition) is 7. The zero-order chi connectivity index (χ0) is 22.8. The Bertz CT molecular complexity index is 1010. The van der Waals surface area contributed by atoms with Crippen molar-refractivity contribution in [1.82, 2.24) is 19.7 Å². The largest absolute Gasteiger partial charge is 0.508 e. The van der Waals surface area contributed by atoms with Crippen LogP contribution in [0.5, 0.6) is 11.5 Å². The Morgan fingerprint density at radius 3 is 2.29 bits per heavy atom. The molecule has 0 unspecified atom stereocenters. The highest BCUT2D eigenvalue weighted by Gasteiger charge is 2.28. The van der Waals surface area contributed by atoms with E-state index in [-0.39, 0.29) is 40.2 Å². The number of rotatable bonds is 8. The summed E-state index contributed by atoms with van der Waals surface area (Å²) < 4.78 is 27.8. The zero-order valence-corrected chi connectivity index (χ0v) is 19.7.